The Kier molecular flexibility index (Phi) is 4.73. The number of hydrogen-bond acceptors (Lipinski definition) is 4. The Bertz CT molecular complexity index is 508. The second-order valence-electron chi connectivity index (χ2n) is 6.01. The van der Waals surface area contributed by atoms with E-state index < -0.39 is 6.04 Å². The zero-order valence-corrected chi connectivity index (χ0v) is 12.6. The Morgan fingerprint density at radius 1 is 1.29 bits per heavy atom. The van der Waals surface area contributed by atoms with Gasteiger partial charge in [0.1, 0.15) is 0 Å². The van der Waals surface area contributed by atoms with E-state index in [1.807, 2.05) is 4.90 Å². The first-order chi connectivity index (χ1) is 9.90. The van der Waals surface area contributed by atoms with Crippen molar-refractivity contribution in [2.24, 2.45) is 5.73 Å². The maximum Gasteiger partial charge on any atom is 0.240 e. The van der Waals surface area contributed by atoms with E-state index in [0.29, 0.717) is 6.42 Å². The molecule has 5 heteroatoms. The maximum atomic E-state index is 12.6. The first-order valence-corrected chi connectivity index (χ1v) is 7.48. The Balaban J connectivity index is 2.06. The minimum absolute atomic E-state index is 0.0396. The second kappa shape index (κ2) is 6.35. The van der Waals surface area contributed by atoms with E-state index in [1.165, 1.54) is 12.1 Å². The highest BCUT2D eigenvalue weighted by atomic mass is 16.3. The standard InChI is InChI=1S/C16H24N2O3/c1-10-4-3-5-11(2)18(10)16(21)13(17)8-12-6-7-14(19)15(20)9-12/h6-7,9-11,13,19-20H,3-5,8,17H2,1-2H3/t10-,11+,13-/m0/s1. The first kappa shape index (κ1) is 15.6. The number of phenolic OH excluding ortho intramolecular Hbond substituents is 2. The number of amides is 1. The minimum Gasteiger partial charge on any atom is -0.504 e. The summed E-state index contributed by atoms with van der Waals surface area (Å²) in [7, 11) is 0. The minimum atomic E-state index is -0.628. The molecule has 0 bridgehead atoms. The van der Waals surface area contributed by atoms with Gasteiger partial charge in [0.25, 0.3) is 0 Å². The lowest BCUT2D eigenvalue weighted by molar-refractivity contribution is -0.138. The van der Waals surface area contributed by atoms with Gasteiger partial charge in [-0.3, -0.25) is 4.79 Å². The average molecular weight is 292 g/mol. The van der Waals surface area contributed by atoms with Gasteiger partial charge in [0.05, 0.1) is 6.04 Å². The fraction of sp³-hybridized carbons (Fsp3) is 0.562. The van der Waals surface area contributed by atoms with Crippen LogP contribution in [0.4, 0.5) is 0 Å². The molecule has 3 atom stereocenters. The normalized spacial score (nSPS) is 23.9. The monoisotopic (exact) mass is 292 g/mol. The van der Waals surface area contributed by atoms with Crippen LogP contribution in [0.5, 0.6) is 11.5 Å². The molecule has 1 aromatic rings. The second-order valence-corrected chi connectivity index (χ2v) is 6.01. The largest absolute Gasteiger partial charge is 0.504 e. The van der Waals surface area contributed by atoms with E-state index in [0.717, 1.165) is 24.8 Å². The molecule has 21 heavy (non-hydrogen) atoms. The summed E-state index contributed by atoms with van der Waals surface area (Å²) >= 11 is 0. The number of aromatic hydroxyl groups is 2. The van der Waals surface area contributed by atoms with Gasteiger partial charge in [-0.05, 0) is 57.2 Å². The van der Waals surface area contributed by atoms with Crippen LogP contribution in [0.15, 0.2) is 18.2 Å². The third-order valence-corrected chi connectivity index (χ3v) is 4.26. The van der Waals surface area contributed by atoms with E-state index >= 15 is 0 Å². The van der Waals surface area contributed by atoms with Gasteiger partial charge in [-0.25, -0.2) is 0 Å². The number of hydrogen-bond donors (Lipinski definition) is 3. The summed E-state index contributed by atoms with van der Waals surface area (Å²) in [6.45, 7) is 4.12. The van der Waals surface area contributed by atoms with Crippen molar-refractivity contribution in [3.8, 4) is 11.5 Å². The fourth-order valence-corrected chi connectivity index (χ4v) is 3.08. The van der Waals surface area contributed by atoms with Crippen LogP contribution in [0.1, 0.15) is 38.7 Å². The van der Waals surface area contributed by atoms with Crippen LogP contribution in [-0.2, 0) is 11.2 Å². The summed E-state index contributed by atoms with van der Waals surface area (Å²) < 4.78 is 0. The smallest absolute Gasteiger partial charge is 0.240 e. The number of benzene rings is 1. The van der Waals surface area contributed by atoms with Gasteiger partial charge in [-0.1, -0.05) is 6.07 Å². The highest BCUT2D eigenvalue weighted by molar-refractivity contribution is 5.82. The predicted molar refractivity (Wildman–Crippen MR) is 81.1 cm³/mol. The molecular weight excluding hydrogens is 268 g/mol. The number of piperidine rings is 1. The van der Waals surface area contributed by atoms with Gasteiger partial charge < -0.3 is 20.8 Å². The quantitative estimate of drug-likeness (QED) is 0.741. The molecule has 1 aliphatic heterocycles. The van der Waals surface area contributed by atoms with Crippen molar-refractivity contribution in [3.63, 3.8) is 0 Å². The van der Waals surface area contributed by atoms with Gasteiger partial charge in [0.15, 0.2) is 11.5 Å². The Morgan fingerprint density at radius 3 is 2.48 bits per heavy atom. The van der Waals surface area contributed by atoms with Crippen molar-refractivity contribution in [2.75, 3.05) is 0 Å². The van der Waals surface area contributed by atoms with Crippen LogP contribution < -0.4 is 5.73 Å². The molecule has 0 radical (unpaired) electrons. The Morgan fingerprint density at radius 2 is 1.90 bits per heavy atom. The van der Waals surface area contributed by atoms with Crippen LogP contribution in [0.2, 0.25) is 0 Å². The summed E-state index contributed by atoms with van der Waals surface area (Å²) in [5.41, 5.74) is 6.80. The van der Waals surface area contributed by atoms with Gasteiger partial charge in [-0.15, -0.1) is 0 Å². The topological polar surface area (TPSA) is 86.8 Å². The molecule has 1 amide bonds. The van der Waals surface area contributed by atoms with Gasteiger partial charge >= 0.3 is 0 Å². The van der Waals surface area contributed by atoms with E-state index in [9.17, 15) is 15.0 Å². The third kappa shape index (κ3) is 3.47. The molecule has 1 aliphatic rings. The van der Waals surface area contributed by atoms with E-state index in [4.69, 9.17) is 5.73 Å². The van der Waals surface area contributed by atoms with Crippen molar-refractivity contribution in [3.05, 3.63) is 23.8 Å². The molecule has 4 N–H and O–H groups in total. The molecule has 0 spiro atoms. The molecule has 116 valence electrons. The maximum absolute atomic E-state index is 12.6. The predicted octanol–water partition coefficient (Wildman–Crippen LogP) is 1.76. The van der Waals surface area contributed by atoms with Crippen LogP contribution in [-0.4, -0.2) is 39.1 Å². The lowest BCUT2D eigenvalue weighted by atomic mass is 9.95. The lowest BCUT2D eigenvalue weighted by Gasteiger charge is -2.40. The van der Waals surface area contributed by atoms with Crippen LogP contribution in [0, 0.1) is 0 Å². The number of rotatable bonds is 3. The Hall–Kier alpha value is -1.75. The number of nitrogens with two attached hydrogens (primary N) is 1. The molecule has 5 nitrogen and oxygen atoms in total. The lowest BCUT2D eigenvalue weighted by Crippen LogP contribution is -2.54. The summed E-state index contributed by atoms with van der Waals surface area (Å²) in [6, 6.07) is 4.35. The van der Waals surface area contributed by atoms with E-state index in [1.54, 1.807) is 6.07 Å². The van der Waals surface area contributed by atoms with Crippen molar-refractivity contribution in [1.82, 2.24) is 4.90 Å². The molecule has 1 saturated heterocycles. The molecular formula is C16H24N2O3. The fourth-order valence-electron chi connectivity index (χ4n) is 3.08. The van der Waals surface area contributed by atoms with Gasteiger partial charge in [-0.2, -0.15) is 0 Å². The summed E-state index contributed by atoms with van der Waals surface area (Å²) in [5, 5.41) is 18.8. The zero-order chi connectivity index (χ0) is 15.6. The van der Waals surface area contributed by atoms with Crippen molar-refractivity contribution in [1.29, 1.82) is 0 Å². The molecule has 0 unspecified atom stereocenters. The molecule has 1 heterocycles. The number of nitrogens with zero attached hydrogens (tertiary/aromatic N) is 1. The van der Waals surface area contributed by atoms with Crippen LogP contribution in [0.3, 0.4) is 0 Å². The zero-order valence-electron chi connectivity index (χ0n) is 12.6. The molecule has 0 aliphatic carbocycles. The number of carbonyl (C=O) groups excluding carboxylic acids is 1. The third-order valence-electron chi connectivity index (χ3n) is 4.26. The highest BCUT2D eigenvalue weighted by Crippen LogP contribution is 2.26. The summed E-state index contributed by atoms with van der Waals surface area (Å²) in [6.07, 6.45) is 3.53. The van der Waals surface area contributed by atoms with Crippen molar-refractivity contribution < 1.29 is 15.0 Å². The van der Waals surface area contributed by atoms with E-state index in [-0.39, 0.29) is 29.5 Å². The molecule has 2 rings (SSSR count). The first-order valence-electron chi connectivity index (χ1n) is 7.48. The number of likely N-dealkylation sites (tertiary alicyclic amines) is 1. The molecule has 1 fully saturated rings. The van der Waals surface area contributed by atoms with Crippen molar-refractivity contribution in [2.45, 2.75) is 57.7 Å². The summed E-state index contributed by atoms with van der Waals surface area (Å²) in [4.78, 5) is 14.5. The molecule has 1 aromatic carbocycles. The summed E-state index contributed by atoms with van der Waals surface area (Å²) in [5.74, 6) is -0.397. The molecule has 0 saturated carbocycles. The Labute approximate surface area is 125 Å². The SMILES string of the molecule is C[C@@H]1CCC[C@H](C)N1C(=O)[C@@H](N)Cc1ccc(O)c(O)c1. The van der Waals surface area contributed by atoms with Crippen LogP contribution >= 0.6 is 0 Å². The number of phenols is 2. The molecule has 0 aromatic heterocycles. The van der Waals surface area contributed by atoms with Gasteiger partial charge in [0.2, 0.25) is 5.91 Å². The highest BCUT2D eigenvalue weighted by Gasteiger charge is 2.31. The van der Waals surface area contributed by atoms with Gasteiger partial charge in [0, 0.05) is 12.1 Å². The van der Waals surface area contributed by atoms with E-state index in [2.05, 4.69) is 13.8 Å². The van der Waals surface area contributed by atoms with Crippen molar-refractivity contribution >= 4 is 5.91 Å². The average Bonchev–Trinajstić information content (AvgIpc) is 2.42. The number of carbonyl (C=O) groups is 1. The van der Waals surface area contributed by atoms with Crippen LogP contribution in [0.25, 0.3) is 0 Å².